The van der Waals surface area contributed by atoms with Gasteiger partial charge in [-0.2, -0.15) is 4.31 Å². The molecule has 1 N–H and O–H groups in total. The van der Waals surface area contributed by atoms with Gasteiger partial charge in [-0.3, -0.25) is 0 Å². The number of rotatable bonds is 9. The van der Waals surface area contributed by atoms with Crippen LogP contribution in [0, 0.1) is 6.92 Å². The second-order valence-electron chi connectivity index (χ2n) is 10.9. The Morgan fingerprint density at radius 2 is 1.76 bits per heavy atom. The molecule has 6 rings (SSSR count). The predicted molar refractivity (Wildman–Crippen MR) is 155 cm³/mol. The summed E-state index contributed by atoms with van der Waals surface area (Å²) in [5, 5.41) is 3.44. The Morgan fingerprint density at radius 3 is 2.54 bits per heavy atom. The number of sulfonamides is 1. The van der Waals surface area contributed by atoms with Gasteiger partial charge < -0.3 is 29.0 Å². The molecule has 3 heterocycles. The minimum absolute atomic E-state index is 0.122. The van der Waals surface area contributed by atoms with E-state index in [9.17, 15) is 8.42 Å². The van der Waals surface area contributed by atoms with E-state index < -0.39 is 40.4 Å². The van der Waals surface area contributed by atoms with Gasteiger partial charge >= 0.3 is 0 Å². The number of aryl methyl sites for hydroxylation is 1. The van der Waals surface area contributed by atoms with Crippen molar-refractivity contribution < 1.29 is 32.1 Å². The third-order valence-electron chi connectivity index (χ3n) is 7.47. The number of hydrogen-bond donors (Lipinski definition) is 1. The van der Waals surface area contributed by atoms with Gasteiger partial charge in [0, 0.05) is 24.1 Å². The normalized spacial score (nSPS) is 24.6. The van der Waals surface area contributed by atoms with Crippen molar-refractivity contribution in [2.24, 2.45) is 0 Å². The van der Waals surface area contributed by atoms with Crippen LogP contribution in [0.25, 0.3) is 0 Å². The molecule has 2 saturated heterocycles. The lowest BCUT2D eigenvalue weighted by Gasteiger charge is -2.35. The molecule has 0 unspecified atom stereocenters. The summed E-state index contributed by atoms with van der Waals surface area (Å²) in [6.07, 6.45) is -1.87. The molecular weight excluding hydrogens is 612 g/mol. The van der Waals surface area contributed by atoms with Crippen molar-refractivity contribution in [2.45, 2.75) is 69.1 Å². The number of halogens is 1. The van der Waals surface area contributed by atoms with Crippen LogP contribution in [0.3, 0.4) is 0 Å². The van der Waals surface area contributed by atoms with E-state index in [1.165, 1.54) is 4.31 Å². The van der Waals surface area contributed by atoms with Gasteiger partial charge in [0.15, 0.2) is 23.6 Å². The van der Waals surface area contributed by atoms with Crippen molar-refractivity contribution in [3.05, 3.63) is 87.9 Å². The van der Waals surface area contributed by atoms with Crippen LogP contribution in [0.15, 0.2) is 76.1 Å². The lowest BCUT2D eigenvalue weighted by atomic mass is 10.1. The van der Waals surface area contributed by atoms with Crippen LogP contribution in [0.4, 0.5) is 0 Å². The standard InChI is InChI=1S/C30H33BrN2O7S/c1-19-8-11-22(12-9-19)41(34,35)33(17-21-6-4-5-7-23(21)31)27-26(38-29-28(27)39-30(2,3)40-29)16-32-15-20-10-13-24-25(14-20)37-18-36-24/h4-14,26-29,32H,15-18H2,1-3H3/t26-,27-,28-,29-/m1/s1. The van der Waals surface area contributed by atoms with Gasteiger partial charge in [0.25, 0.3) is 0 Å². The van der Waals surface area contributed by atoms with Gasteiger partial charge in [-0.1, -0.05) is 57.9 Å². The largest absolute Gasteiger partial charge is 0.454 e. The van der Waals surface area contributed by atoms with Crippen LogP contribution in [0.5, 0.6) is 11.5 Å². The highest BCUT2D eigenvalue weighted by Gasteiger charge is 2.58. The second-order valence-corrected chi connectivity index (χ2v) is 13.7. The van der Waals surface area contributed by atoms with E-state index in [1.807, 2.05) is 63.2 Å². The minimum atomic E-state index is -3.97. The fourth-order valence-corrected chi connectivity index (χ4v) is 7.52. The molecular formula is C30H33BrN2O7S. The van der Waals surface area contributed by atoms with Crippen molar-refractivity contribution in [2.75, 3.05) is 13.3 Å². The molecule has 0 aliphatic carbocycles. The molecule has 11 heteroatoms. The van der Waals surface area contributed by atoms with Crippen molar-refractivity contribution in [3.63, 3.8) is 0 Å². The zero-order valence-corrected chi connectivity index (χ0v) is 25.5. The highest BCUT2D eigenvalue weighted by atomic mass is 79.9. The maximum absolute atomic E-state index is 14.4. The second kappa shape index (κ2) is 11.3. The zero-order valence-electron chi connectivity index (χ0n) is 23.1. The summed E-state index contributed by atoms with van der Waals surface area (Å²) in [6, 6.07) is 19.7. The Hall–Kier alpha value is -2.51. The van der Waals surface area contributed by atoms with Crippen LogP contribution in [-0.4, -0.2) is 56.4 Å². The average Bonchev–Trinajstić information content (AvgIpc) is 3.60. The summed E-state index contributed by atoms with van der Waals surface area (Å²) in [5.74, 6) is 0.522. The fraction of sp³-hybridized carbons (Fsp3) is 0.400. The molecule has 3 aliphatic heterocycles. The monoisotopic (exact) mass is 644 g/mol. The lowest BCUT2D eigenvalue weighted by Crippen LogP contribution is -2.53. The summed E-state index contributed by atoms with van der Waals surface area (Å²) in [4.78, 5) is 0.212. The fourth-order valence-electron chi connectivity index (χ4n) is 5.48. The van der Waals surface area contributed by atoms with E-state index in [1.54, 1.807) is 24.3 Å². The molecule has 218 valence electrons. The molecule has 3 aliphatic rings. The predicted octanol–water partition coefficient (Wildman–Crippen LogP) is 4.71. The lowest BCUT2D eigenvalue weighted by molar-refractivity contribution is -0.208. The van der Waals surface area contributed by atoms with E-state index in [2.05, 4.69) is 21.2 Å². The summed E-state index contributed by atoms with van der Waals surface area (Å²) < 4.78 is 60.7. The van der Waals surface area contributed by atoms with Crippen molar-refractivity contribution in [3.8, 4) is 11.5 Å². The number of ether oxygens (including phenoxy) is 5. The van der Waals surface area contributed by atoms with Crippen molar-refractivity contribution in [1.82, 2.24) is 9.62 Å². The zero-order chi connectivity index (χ0) is 28.8. The number of nitrogens with one attached hydrogen (secondary N) is 1. The quantitative estimate of drug-likeness (QED) is 0.358. The van der Waals surface area contributed by atoms with E-state index >= 15 is 0 Å². The maximum Gasteiger partial charge on any atom is 0.243 e. The van der Waals surface area contributed by atoms with Gasteiger partial charge in [-0.15, -0.1) is 0 Å². The summed E-state index contributed by atoms with van der Waals surface area (Å²) in [6.45, 7) is 6.79. The van der Waals surface area contributed by atoms with Gasteiger partial charge in [0.1, 0.15) is 6.10 Å². The highest BCUT2D eigenvalue weighted by molar-refractivity contribution is 9.10. The van der Waals surface area contributed by atoms with Gasteiger partial charge in [-0.25, -0.2) is 8.42 Å². The van der Waals surface area contributed by atoms with Gasteiger partial charge in [-0.05, 0) is 62.2 Å². The molecule has 3 aromatic carbocycles. The molecule has 0 amide bonds. The van der Waals surface area contributed by atoms with Crippen molar-refractivity contribution in [1.29, 1.82) is 0 Å². The first kappa shape index (κ1) is 28.6. The van der Waals surface area contributed by atoms with E-state index in [0.29, 0.717) is 18.8 Å². The molecule has 0 aromatic heterocycles. The number of fused-ring (bicyclic) bond motifs is 2. The van der Waals surface area contributed by atoms with Crippen LogP contribution in [0.1, 0.15) is 30.5 Å². The van der Waals surface area contributed by atoms with E-state index in [0.717, 1.165) is 26.9 Å². The first-order valence-corrected chi connectivity index (χ1v) is 15.8. The molecule has 2 fully saturated rings. The van der Waals surface area contributed by atoms with E-state index in [4.69, 9.17) is 23.7 Å². The smallest absolute Gasteiger partial charge is 0.243 e. The topological polar surface area (TPSA) is 95.6 Å². The van der Waals surface area contributed by atoms with Crippen LogP contribution in [0.2, 0.25) is 0 Å². The van der Waals surface area contributed by atoms with Crippen molar-refractivity contribution >= 4 is 26.0 Å². The van der Waals surface area contributed by atoms with Crippen LogP contribution >= 0.6 is 15.9 Å². The molecule has 0 saturated carbocycles. The molecule has 3 aromatic rings. The Balaban J connectivity index is 1.32. The summed E-state index contributed by atoms with van der Waals surface area (Å²) >= 11 is 3.60. The minimum Gasteiger partial charge on any atom is -0.454 e. The van der Waals surface area contributed by atoms with E-state index in [-0.39, 0.29) is 18.2 Å². The van der Waals surface area contributed by atoms with Gasteiger partial charge in [0.2, 0.25) is 16.8 Å². The van der Waals surface area contributed by atoms with Gasteiger partial charge in [0.05, 0.1) is 17.0 Å². The molecule has 0 bridgehead atoms. The highest BCUT2D eigenvalue weighted by Crippen LogP contribution is 2.42. The Morgan fingerprint density at radius 1 is 1.00 bits per heavy atom. The summed E-state index contributed by atoms with van der Waals surface area (Å²) in [5.41, 5.74) is 2.82. The Labute approximate surface area is 248 Å². The third-order valence-corrected chi connectivity index (χ3v) is 10.1. The average molecular weight is 646 g/mol. The first-order chi connectivity index (χ1) is 19.6. The molecule has 0 spiro atoms. The summed E-state index contributed by atoms with van der Waals surface area (Å²) in [7, 11) is -3.97. The SMILES string of the molecule is Cc1ccc(S(=O)(=O)N(Cc2ccccc2Br)[C@H]2[C@H]3OC(C)(C)O[C@H]3O[C@@H]2CNCc2ccc3c(c2)OCO3)cc1. The Kier molecular flexibility index (Phi) is 7.88. The number of hydrogen-bond acceptors (Lipinski definition) is 8. The maximum atomic E-state index is 14.4. The molecule has 0 radical (unpaired) electrons. The van der Waals surface area contributed by atoms with Crippen LogP contribution in [-0.2, 0) is 37.3 Å². The molecule has 9 nitrogen and oxygen atoms in total. The molecule has 41 heavy (non-hydrogen) atoms. The number of nitrogens with zero attached hydrogens (tertiary/aromatic N) is 1. The first-order valence-electron chi connectivity index (χ1n) is 13.5. The third kappa shape index (κ3) is 5.90. The number of benzene rings is 3. The molecule has 4 atom stereocenters. The Bertz CT molecular complexity index is 1520. The van der Waals surface area contributed by atoms with Crippen LogP contribution < -0.4 is 14.8 Å².